The Bertz CT molecular complexity index is 209. The van der Waals surface area contributed by atoms with Crippen molar-refractivity contribution in [3.63, 3.8) is 0 Å². The lowest BCUT2D eigenvalue weighted by atomic mass is 9.70. The molecule has 0 aliphatic rings. The highest BCUT2D eigenvalue weighted by molar-refractivity contribution is 5.76. The van der Waals surface area contributed by atoms with E-state index >= 15 is 0 Å². The van der Waals surface area contributed by atoms with Gasteiger partial charge < -0.3 is 5.73 Å². The smallest absolute Gasteiger partial charge is 0.220 e. The van der Waals surface area contributed by atoms with E-state index in [1.165, 1.54) is 6.42 Å². The summed E-state index contributed by atoms with van der Waals surface area (Å²) in [7, 11) is 0. The normalized spacial score (nSPS) is 16.5. The maximum absolute atomic E-state index is 11.1. The average molecular weight is 213 g/mol. The molecule has 0 saturated heterocycles. The van der Waals surface area contributed by atoms with E-state index < -0.39 is 0 Å². The van der Waals surface area contributed by atoms with E-state index in [2.05, 4.69) is 34.6 Å². The van der Waals surface area contributed by atoms with Gasteiger partial charge in [-0.1, -0.05) is 48.0 Å². The minimum absolute atomic E-state index is 0.0350. The fourth-order valence-electron chi connectivity index (χ4n) is 1.81. The molecule has 0 aromatic rings. The molecule has 0 heterocycles. The van der Waals surface area contributed by atoms with Crippen LogP contribution < -0.4 is 5.73 Å². The van der Waals surface area contributed by atoms with Gasteiger partial charge in [0.1, 0.15) is 0 Å². The standard InChI is InChI=1S/C13H27NO/c1-9(2)7-8-13(5,6)11(4)10(3)12(14)15/h9-11H,7-8H2,1-6H3,(H2,14,15). The average Bonchev–Trinajstić information content (AvgIpc) is 2.12. The zero-order chi connectivity index (χ0) is 12.2. The van der Waals surface area contributed by atoms with E-state index in [1.807, 2.05) is 6.92 Å². The van der Waals surface area contributed by atoms with Crippen molar-refractivity contribution >= 4 is 5.91 Å². The topological polar surface area (TPSA) is 43.1 Å². The van der Waals surface area contributed by atoms with Crippen molar-refractivity contribution < 1.29 is 4.79 Å². The van der Waals surface area contributed by atoms with Gasteiger partial charge in [0.15, 0.2) is 0 Å². The van der Waals surface area contributed by atoms with Crippen LogP contribution >= 0.6 is 0 Å². The van der Waals surface area contributed by atoms with Crippen LogP contribution in [-0.4, -0.2) is 5.91 Å². The fraction of sp³-hybridized carbons (Fsp3) is 0.923. The fourth-order valence-corrected chi connectivity index (χ4v) is 1.81. The highest BCUT2D eigenvalue weighted by Crippen LogP contribution is 2.37. The predicted molar refractivity (Wildman–Crippen MR) is 65.4 cm³/mol. The zero-order valence-electron chi connectivity index (χ0n) is 11.1. The summed E-state index contributed by atoms with van der Waals surface area (Å²) in [5.41, 5.74) is 5.54. The van der Waals surface area contributed by atoms with Crippen LogP contribution in [0.2, 0.25) is 0 Å². The maximum atomic E-state index is 11.1. The van der Waals surface area contributed by atoms with Crippen LogP contribution in [0.3, 0.4) is 0 Å². The predicted octanol–water partition coefficient (Wildman–Crippen LogP) is 3.21. The minimum atomic E-state index is -0.180. The van der Waals surface area contributed by atoms with Gasteiger partial charge in [-0.3, -0.25) is 4.79 Å². The number of rotatable bonds is 6. The largest absolute Gasteiger partial charge is 0.369 e. The molecule has 0 aromatic carbocycles. The Morgan fingerprint density at radius 3 is 2.00 bits per heavy atom. The molecule has 2 atom stereocenters. The molecule has 0 radical (unpaired) electrons. The molecule has 1 amide bonds. The summed E-state index contributed by atoms with van der Waals surface area (Å²) in [6, 6.07) is 0. The number of amides is 1. The second kappa shape index (κ2) is 5.53. The SMILES string of the molecule is CC(C)CCC(C)(C)C(C)C(C)C(N)=O. The van der Waals surface area contributed by atoms with E-state index in [9.17, 15) is 4.79 Å². The highest BCUT2D eigenvalue weighted by atomic mass is 16.1. The van der Waals surface area contributed by atoms with Gasteiger partial charge >= 0.3 is 0 Å². The van der Waals surface area contributed by atoms with Crippen molar-refractivity contribution in [1.29, 1.82) is 0 Å². The van der Waals surface area contributed by atoms with Crippen molar-refractivity contribution in [2.75, 3.05) is 0 Å². The number of carbonyl (C=O) groups is 1. The molecule has 2 N–H and O–H groups in total. The lowest BCUT2D eigenvalue weighted by Crippen LogP contribution is -2.35. The van der Waals surface area contributed by atoms with Crippen LogP contribution in [0.1, 0.15) is 54.4 Å². The molecule has 2 unspecified atom stereocenters. The summed E-state index contributed by atoms with van der Waals surface area (Å²) in [5, 5.41) is 0. The number of carbonyl (C=O) groups excluding carboxylic acids is 1. The Balaban J connectivity index is 4.36. The molecule has 0 aromatic heterocycles. The summed E-state index contributed by atoms with van der Waals surface area (Å²) >= 11 is 0. The molecule has 0 aliphatic heterocycles. The maximum Gasteiger partial charge on any atom is 0.220 e. The summed E-state index contributed by atoms with van der Waals surface area (Å²) in [6.07, 6.45) is 2.37. The van der Waals surface area contributed by atoms with Gasteiger partial charge in [0.2, 0.25) is 5.91 Å². The lowest BCUT2D eigenvalue weighted by Gasteiger charge is -2.35. The van der Waals surface area contributed by atoms with Crippen LogP contribution in [0.25, 0.3) is 0 Å². The first-order chi connectivity index (χ1) is 6.68. The second-order valence-corrected chi connectivity index (χ2v) is 5.90. The van der Waals surface area contributed by atoms with Crippen LogP contribution in [0.4, 0.5) is 0 Å². The van der Waals surface area contributed by atoms with Crippen LogP contribution in [-0.2, 0) is 4.79 Å². The quantitative estimate of drug-likeness (QED) is 0.723. The summed E-state index contributed by atoms with van der Waals surface area (Å²) in [5.74, 6) is 0.849. The number of hydrogen-bond acceptors (Lipinski definition) is 1. The Morgan fingerprint density at radius 1 is 1.20 bits per heavy atom. The van der Waals surface area contributed by atoms with Crippen molar-refractivity contribution in [3.05, 3.63) is 0 Å². The molecule has 0 spiro atoms. The van der Waals surface area contributed by atoms with Crippen LogP contribution in [0.5, 0.6) is 0 Å². The molecule has 2 heteroatoms. The Morgan fingerprint density at radius 2 is 1.67 bits per heavy atom. The van der Waals surface area contributed by atoms with E-state index in [1.54, 1.807) is 0 Å². The summed E-state index contributed by atoms with van der Waals surface area (Å²) < 4.78 is 0. The molecule has 90 valence electrons. The molecule has 15 heavy (non-hydrogen) atoms. The molecular weight excluding hydrogens is 186 g/mol. The zero-order valence-corrected chi connectivity index (χ0v) is 11.1. The monoisotopic (exact) mass is 213 g/mol. The van der Waals surface area contributed by atoms with Crippen LogP contribution in [0, 0.1) is 23.2 Å². The lowest BCUT2D eigenvalue weighted by molar-refractivity contribution is -0.124. The van der Waals surface area contributed by atoms with Crippen molar-refractivity contribution in [1.82, 2.24) is 0 Å². The molecule has 0 fully saturated rings. The van der Waals surface area contributed by atoms with Crippen molar-refractivity contribution in [3.8, 4) is 0 Å². The third-order valence-corrected chi connectivity index (χ3v) is 3.80. The van der Waals surface area contributed by atoms with Gasteiger partial charge in [-0.05, 0) is 23.7 Å². The second-order valence-electron chi connectivity index (χ2n) is 5.90. The van der Waals surface area contributed by atoms with E-state index in [-0.39, 0.29) is 17.2 Å². The van der Waals surface area contributed by atoms with Gasteiger partial charge in [-0.15, -0.1) is 0 Å². The van der Waals surface area contributed by atoms with Gasteiger partial charge in [0.25, 0.3) is 0 Å². The first-order valence-electron chi connectivity index (χ1n) is 5.97. The van der Waals surface area contributed by atoms with Crippen LogP contribution in [0.15, 0.2) is 0 Å². The highest BCUT2D eigenvalue weighted by Gasteiger charge is 2.32. The molecule has 0 rings (SSSR count). The van der Waals surface area contributed by atoms with Gasteiger partial charge in [-0.25, -0.2) is 0 Å². The van der Waals surface area contributed by atoms with Gasteiger partial charge in [0.05, 0.1) is 0 Å². The number of primary amides is 1. The first kappa shape index (κ1) is 14.5. The summed E-state index contributed by atoms with van der Waals surface area (Å²) in [4.78, 5) is 11.1. The van der Waals surface area contributed by atoms with Crippen molar-refractivity contribution in [2.45, 2.75) is 54.4 Å². The Labute approximate surface area is 94.6 Å². The molecular formula is C13H27NO. The van der Waals surface area contributed by atoms with Gasteiger partial charge in [-0.2, -0.15) is 0 Å². The molecule has 0 aliphatic carbocycles. The molecule has 0 saturated carbocycles. The number of hydrogen-bond donors (Lipinski definition) is 1. The van der Waals surface area contributed by atoms with E-state index in [4.69, 9.17) is 5.73 Å². The third-order valence-electron chi connectivity index (χ3n) is 3.80. The summed E-state index contributed by atoms with van der Waals surface area (Å²) in [6.45, 7) is 13.0. The molecule has 0 bridgehead atoms. The Kier molecular flexibility index (Phi) is 5.33. The molecule has 2 nitrogen and oxygen atoms in total. The minimum Gasteiger partial charge on any atom is -0.369 e. The first-order valence-corrected chi connectivity index (χ1v) is 5.97. The number of nitrogens with two attached hydrogens (primary N) is 1. The third kappa shape index (κ3) is 4.67. The van der Waals surface area contributed by atoms with E-state index in [0.717, 1.165) is 12.3 Å². The Hall–Kier alpha value is -0.530. The van der Waals surface area contributed by atoms with E-state index in [0.29, 0.717) is 5.92 Å². The van der Waals surface area contributed by atoms with Gasteiger partial charge in [0, 0.05) is 5.92 Å². The van der Waals surface area contributed by atoms with Crippen molar-refractivity contribution in [2.24, 2.45) is 28.9 Å².